The monoisotopic (exact) mass is 521 g/mol. The molecule has 9 heteroatoms. The van der Waals surface area contributed by atoms with Crippen molar-refractivity contribution in [2.45, 2.75) is 57.0 Å². The molecule has 0 saturated carbocycles. The standard InChI is InChI=1S/C26H30Cl2FN3O3/c1-25(2,3)13-20-26(16-11-18(29)17(28)12-19(16)31-24(26)35)21(14-6-4-7-15(27)10-14)22(32-20)23(34)30-8-5-9-33/h4,6-7,10-12,20-22,32-33H,5,8-9,13H2,1-3H3,(H,30,34)(H,31,35). The molecule has 2 aromatic rings. The number of hydrogen-bond acceptors (Lipinski definition) is 4. The van der Waals surface area contributed by atoms with E-state index in [2.05, 4.69) is 36.7 Å². The van der Waals surface area contributed by atoms with Gasteiger partial charge in [-0.25, -0.2) is 4.39 Å². The Bertz CT molecular complexity index is 1150. The second-order valence-electron chi connectivity index (χ2n) is 10.5. The highest BCUT2D eigenvalue weighted by molar-refractivity contribution is 6.31. The second-order valence-corrected chi connectivity index (χ2v) is 11.3. The molecule has 4 N–H and O–H groups in total. The van der Waals surface area contributed by atoms with Crippen molar-refractivity contribution in [3.8, 4) is 0 Å². The van der Waals surface area contributed by atoms with Crippen LogP contribution < -0.4 is 16.0 Å². The molecule has 4 unspecified atom stereocenters. The van der Waals surface area contributed by atoms with E-state index >= 15 is 0 Å². The molecule has 0 aromatic heterocycles. The first-order chi connectivity index (χ1) is 16.5. The minimum Gasteiger partial charge on any atom is -0.396 e. The number of hydrogen-bond donors (Lipinski definition) is 4. The molecule has 188 valence electrons. The molecule has 2 amide bonds. The van der Waals surface area contributed by atoms with Crippen molar-refractivity contribution >= 4 is 40.7 Å². The Kier molecular flexibility index (Phi) is 7.17. The van der Waals surface area contributed by atoms with Gasteiger partial charge in [-0.1, -0.05) is 56.1 Å². The first-order valence-electron chi connectivity index (χ1n) is 11.7. The minimum atomic E-state index is -1.28. The highest BCUT2D eigenvalue weighted by Gasteiger charge is 2.65. The Labute approximate surface area is 214 Å². The van der Waals surface area contributed by atoms with Crippen LogP contribution in [0.5, 0.6) is 0 Å². The van der Waals surface area contributed by atoms with Gasteiger partial charge in [-0.2, -0.15) is 0 Å². The summed E-state index contributed by atoms with van der Waals surface area (Å²) in [7, 11) is 0. The number of amides is 2. The van der Waals surface area contributed by atoms with Crippen LogP contribution in [0, 0.1) is 11.2 Å². The summed E-state index contributed by atoms with van der Waals surface area (Å²) in [4.78, 5) is 27.4. The van der Waals surface area contributed by atoms with Gasteiger partial charge in [-0.05, 0) is 53.6 Å². The summed E-state index contributed by atoms with van der Waals surface area (Å²) >= 11 is 12.4. The van der Waals surface area contributed by atoms with E-state index in [4.69, 9.17) is 28.3 Å². The maximum Gasteiger partial charge on any atom is 0.237 e. The average molecular weight is 522 g/mol. The molecule has 4 rings (SSSR count). The lowest BCUT2D eigenvalue weighted by molar-refractivity contribution is -0.123. The maximum absolute atomic E-state index is 14.8. The Balaban J connectivity index is 1.95. The second kappa shape index (κ2) is 9.69. The molecular weight excluding hydrogens is 492 g/mol. The van der Waals surface area contributed by atoms with Gasteiger partial charge in [0.1, 0.15) is 11.2 Å². The Morgan fingerprint density at radius 2 is 1.97 bits per heavy atom. The van der Waals surface area contributed by atoms with E-state index in [1.54, 1.807) is 18.2 Å². The van der Waals surface area contributed by atoms with Crippen molar-refractivity contribution in [2.24, 2.45) is 5.41 Å². The number of rotatable bonds is 6. The first kappa shape index (κ1) is 25.9. The average Bonchev–Trinajstić information content (AvgIpc) is 3.23. The van der Waals surface area contributed by atoms with E-state index in [0.29, 0.717) is 41.2 Å². The molecular formula is C26H30Cl2FN3O3. The molecule has 1 spiro atoms. The number of anilines is 1. The van der Waals surface area contributed by atoms with Crippen LogP contribution in [-0.2, 0) is 15.0 Å². The Morgan fingerprint density at radius 1 is 1.23 bits per heavy atom. The van der Waals surface area contributed by atoms with Crippen molar-refractivity contribution in [2.75, 3.05) is 18.5 Å². The normalized spacial score (nSPS) is 25.6. The predicted octanol–water partition coefficient (Wildman–Crippen LogP) is 4.38. The number of nitrogens with one attached hydrogen (secondary N) is 3. The quantitative estimate of drug-likeness (QED) is 0.424. The van der Waals surface area contributed by atoms with Gasteiger partial charge in [-0.15, -0.1) is 0 Å². The minimum absolute atomic E-state index is 0.0531. The molecule has 6 nitrogen and oxygen atoms in total. The number of benzene rings is 2. The summed E-state index contributed by atoms with van der Waals surface area (Å²) in [6, 6.07) is 8.56. The van der Waals surface area contributed by atoms with E-state index in [0.717, 1.165) is 0 Å². The highest BCUT2D eigenvalue weighted by Crippen LogP contribution is 2.57. The van der Waals surface area contributed by atoms with Crippen LogP contribution in [0.2, 0.25) is 10.0 Å². The van der Waals surface area contributed by atoms with Crippen molar-refractivity contribution in [3.05, 3.63) is 63.4 Å². The number of fused-ring (bicyclic) bond motifs is 2. The number of halogens is 3. The fourth-order valence-corrected chi connectivity index (χ4v) is 5.90. The summed E-state index contributed by atoms with van der Waals surface area (Å²) in [5.74, 6) is -1.91. The smallest absolute Gasteiger partial charge is 0.237 e. The van der Waals surface area contributed by atoms with Crippen LogP contribution in [0.3, 0.4) is 0 Å². The Hall–Kier alpha value is -2.19. The lowest BCUT2D eigenvalue weighted by Gasteiger charge is -2.37. The fraction of sp³-hybridized carbons (Fsp3) is 0.462. The molecule has 2 aliphatic heterocycles. The van der Waals surface area contributed by atoms with E-state index in [-0.39, 0.29) is 28.9 Å². The summed E-state index contributed by atoms with van der Waals surface area (Å²) in [5, 5.41) is 18.8. The van der Waals surface area contributed by atoms with E-state index in [1.165, 1.54) is 12.1 Å². The third-order valence-electron chi connectivity index (χ3n) is 6.83. The number of aliphatic hydroxyl groups is 1. The topological polar surface area (TPSA) is 90.5 Å². The molecule has 0 bridgehead atoms. The summed E-state index contributed by atoms with van der Waals surface area (Å²) in [6.07, 6.45) is 0.950. The van der Waals surface area contributed by atoms with Gasteiger partial charge in [0.25, 0.3) is 0 Å². The fourth-order valence-electron chi connectivity index (χ4n) is 5.53. The van der Waals surface area contributed by atoms with Crippen LogP contribution in [0.25, 0.3) is 0 Å². The SMILES string of the molecule is CC(C)(C)CC1NC(C(=O)NCCCO)C(c2cccc(Cl)c2)C12C(=O)Nc1cc(Cl)c(F)cc12. The first-order valence-corrected chi connectivity index (χ1v) is 12.5. The number of carbonyl (C=O) groups is 2. The van der Waals surface area contributed by atoms with Crippen LogP contribution >= 0.6 is 23.2 Å². The van der Waals surface area contributed by atoms with E-state index < -0.39 is 29.2 Å². The summed E-state index contributed by atoms with van der Waals surface area (Å²) < 4.78 is 14.8. The van der Waals surface area contributed by atoms with Gasteiger partial charge < -0.3 is 21.1 Å². The molecule has 35 heavy (non-hydrogen) atoms. The van der Waals surface area contributed by atoms with Crippen LogP contribution in [-0.4, -0.2) is 42.2 Å². The largest absolute Gasteiger partial charge is 0.396 e. The van der Waals surface area contributed by atoms with Crippen molar-refractivity contribution < 1.29 is 19.1 Å². The number of carbonyl (C=O) groups excluding carboxylic acids is 2. The Morgan fingerprint density at radius 3 is 2.63 bits per heavy atom. The molecule has 0 radical (unpaired) electrons. The zero-order valence-electron chi connectivity index (χ0n) is 19.9. The third-order valence-corrected chi connectivity index (χ3v) is 7.35. The van der Waals surface area contributed by atoms with Gasteiger partial charge in [0.2, 0.25) is 11.8 Å². The lowest BCUT2D eigenvalue weighted by Crippen LogP contribution is -2.49. The van der Waals surface area contributed by atoms with Gasteiger partial charge >= 0.3 is 0 Å². The highest BCUT2D eigenvalue weighted by atomic mass is 35.5. The van der Waals surface area contributed by atoms with Crippen LogP contribution in [0.1, 0.15) is 50.7 Å². The van der Waals surface area contributed by atoms with Crippen molar-refractivity contribution in [1.29, 1.82) is 0 Å². The summed E-state index contributed by atoms with van der Waals surface area (Å²) in [6.45, 7) is 6.41. The predicted molar refractivity (Wildman–Crippen MR) is 135 cm³/mol. The van der Waals surface area contributed by atoms with E-state index in [1.807, 2.05) is 6.07 Å². The molecule has 1 fully saturated rings. The van der Waals surface area contributed by atoms with E-state index in [9.17, 15) is 14.0 Å². The molecule has 2 aliphatic rings. The summed E-state index contributed by atoms with van der Waals surface area (Å²) in [5.41, 5.74) is 0.122. The molecule has 4 atom stereocenters. The van der Waals surface area contributed by atoms with Gasteiger partial charge in [0, 0.05) is 35.8 Å². The third kappa shape index (κ3) is 4.67. The lowest BCUT2D eigenvalue weighted by atomic mass is 9.62. The van der Waals surface area contributed by atoms with Crippen molar-refractivity contribution in [3.63, 3.8) is 0 Å². The van der Waals surface area contributed by atoms with Crippen molar-refractivity contribution in [1.82, 2.24) is 10.6 Å². The zero-order chi connectivity index (χ0) is 25.5. The van der Waals surface area contributed by atoms with Gasteiger partial charge in [0.05, 0.1) is 11.1 Å². The molecule has 0 aliphatic carbocycles. The molecule has 1 saturated heterocycles. The van der Waals surface area contributed by atoms with Crippen LogP contribution in [0.15, 0.2) is 36.4 Å². The molecule has 2 aromatic carbocycles. The maximum atomic E-state index is 14.8. The van der Waals surface area contributed by atoms with Crippen LogP contribution in [0.4, 0.5) is 10.1 Å². The van der Waals surface area contributed by atoms with Gasteiger partial charge in [-0.3, -0.25) is 9.59 Å². The van der Waals surface area contributed by atoms with Gasteiger partial charge in [0.15, 0.2) is 0 Å². The zero-order valence-corrected chi connectivity index (χ0v) is 21.4. The number of aliphatic hydroxyl groups excluding tert-OH is 1. The molecule has 2 heterocycles.